The van der Waals surface area contributed by atoms with E-state index in [0.717, 1.165) is 48.7 Å². The molecule has 3 heterocycles. The zero-order valence-electron chi connectivity index (χ0n) is 18.1. The number of nitrogens with one attached hydrogen (secondary N) is 1. The Morgan fingerprint density at radius 3 is 2.61 bits per heavy atom. The van der Waals surface area contributed by atoms with E-state index in [1.807, 2.05) is 60.7 Å². The molecule has 0 bridgehead atoms. The van der Waals surface area contributed by atoms with Gasteiger partial charge in [-0.1, -0.05) is 17.7 Å². The highest BCUT2D eigenvalue weighted by atomic mass is 35.5. The van der Waals surface area contributed by atoms with Gasteiger partial charge < -0.3 is 15.0 Å². The first-order valence-corrected chi connectivity index (χ1v) is 11.2. The number of rotatable bonds is 5. The molecule has 168 valence electrons. The summed E-state index contributed by atoms with van der Waals surface area (Å²) in [5.74, 6) is 2.21. The van der Waals surface area contributed by atoms with Crippen LogP contribution in [-0.2, 0) is 4.79 Å². The highest BCUT2D eigenvalue weighted by Crippen LogP contribution is 2.26. The van der Waals surface area contributed by atoms with Crippen molar-refractivity contribution in [2.45, 2.75) is 12.8 Å². The number of hydrogen-bond donors (Lipinski definition) is 1. The smallest absolute Gasteiger partial charge is 0.227 e. The summed E-state index contributed by atoms with van der Waals surface area (Å²) in [6, 6.07) is 18.7. The standard InChI is InChI=1S/C24H23ClN6O2/c1-33-20-4-2-3-19(15-20)26-24(32)17-11-13-30(14-12-17)22-10-9-21-27-28-23(31(21)29-22)16-5-7-18(25)8-6-16/h2-10,15,17H,11-14H2,1H3,(H,26,32). The van der Waals surface area contributed by atoms with Gasteiger partial charge in [-0.2, -0.15) is 4.52 Å². The Labute approximate surface area is 196 Å². The topological polar surface area (TPSA) is 84.6 Å². The van der Waals surface area contributed by atoms with Crippen LogP contribution < -0.4 is 15.0 Å². The first kappa shape index (κ1) is 21.2. The molecule has 0 aliphatic carbocycles. The summed E-state index contributed by atoms with van der Waals surface area (Å²) in [6.45, 7) is 1.49. The number of halogens is 1. The summed E-state index contributed by atoms with van der Waals surface area (Å²) in [7, 11) is 1.61. The van der Waals surface area contributed by atoms with E-state index < -0.39 is 0 Å². The summed E-state index contributed by atoms with van der Waals surface area (Å²) >= 11 is 6.01. The molecule has 8 nitrogen and oxygen atoms in total. The lowest BCUT2D eigenvalue weighted by atomic mass is 9.96. The van der Waals surface area contributed by atoms with Crippen molar-refractivity contribution in [2.24, 2.45) is 5.92 Å². The predicted molar refractivity (Wildman–Crippen MR) is 128 cm³/mol. The summed E-state index contributed by atoms with van der Waals surface area (Å²) < 4.78 is 6.98. The summed E-state index contributed by atoms with van der Waals surface area (Å²) in [6.07, 6.45) is 1.50. The number of hydrogen-bond acceptors (Lipinski definition) is 6. The molecule has 0 saturated carbocycles. The Bertz CT molecular complexity index is 1280. The van der Waals surface area contributed by atoms with Crippen LogP contribution in [0.1, 0.15) is 12.8 Å². The maximum atomic E-state index is 12.8. The van der Waals surface area contributed by atoms with Gasteiger partial charge in [-0.3, -0.25) is 4.79 Å². The quantitative estimate of drug-likeness (QED) is 0.475. The summed E-state index contributed by atoms with van der Waals surface area (Å²) in [5.41, 5.74) is 2.32. The molecular formula is C24H23ClN6O2. The third-order valence-electron chi connectivity index (χ3n) is 5.88. The molecule has 0 unspecified atom stereocenters. The van der Waals surface area contributed by atoms with Crippen LogP contribution in [0, 0.1) is 5.92 Å². The van der Waals surface area contributed by atoms with Gasteiger partial charge in [0.1, 0.15) is 11.6 Å². The maximum absolute atomic E-state index is 12.8. The van der Waals surface area contributed by atoms with E-state index in [9.17, 15) is 4.79 Å². The lowest BCUT2D eigenvalue weighted by molar-refractivity contribution is -0.120. The van der Waals surface area contributed by atoms with Gasteiger partial charge in [0.2, 0.25) is 5.91 Å². The fourth-order valence-electron chi connectivity index (χ4n) is 4.04. The first-order chi connectivity index (χ1) is 16.1. The number of piperidine rings is 1. The minimum absolute atomic E-state index is 0.0372. The van der Waals surface area contributed by atoms with E-state index in [-0.39, 0.29) is 11.8 Å². The number of aromatic nitrogens is 4. The number of fused-ring (bicyclic) bond motifs is 1. The molecule has 1 aliphatic heterocycles. The van der Waals surface area contributed by atoms with Crippen molar-refractivity contribution >= 4 is 34.7 Å². The Morgan fingerprint density at radius 2 is 1.85 bits per heavy atom. The molecule has 5 rings (SSSR count). The molecular weight excluding hydrogens is 440 g/mol. The average Bonchev–Trinajstić information content (AvgIpc) is 3.28. The number of methoxy groups -OCH3 is 1. The van der Waals surface area contributed by atoms with Crippen molar-refractivity contribution in [3.8, 4) is 17.1 Å². The maximum Gasteiger partial charge on any atom is 0.227 e. The second-order valence-electron chi connectivity index (χ2n) is 7.97. The van der Waals surface area contributed by atoms with E-state index >= 15 is 0 Å². The molecule has 2 aromatic heterocycles. The van der Waals surface area contributed by atoms with Crippen LogP contribution >= 0.6 is 11.6 Å². The Balaban J connectivity index is 1.27. The van der Waals surface area contributed by atoms with Crippen LogP contribution in [0.2, 0.25) is 5.02 Å². The normalized spacial score (nSPS) is 14.4. The van der Waals surface area contributed by atoms with Crippen LogP contribution in [0.25, 0.3) is 17.0 Å². The zero-order valence-corrected chi connectivity index (χ0v) is 18.9. The molecule has 9 heteroatoms. The second-order valence-corrected chi connectivity index (χ2v) is 8.41. The van der Waals surface area contributed by atoms with E-state index in [1.165, 1.54) is 0 Å². The number of nitrogens with zero attached hydrogens (tertiary/aromatic N) is 5. The van der Waals surface area contributed by atoms with E-state index in [1.54, 1.807) is 11.6 Å². The molecule has 0 spiro atoms. The fourth-order valence-corrected chi connectivity index (χ4v) is 4.17. The van der Waals surface area contributed by atoms with Crippen molar-refractivity contribution in [1.29, 1.82) is 0 Å². The Morgan fingerprint density at radius 1 is 1.06 bits per heavy atom. The molecule has 1 fully saturated rings. The summed E-state index contributed by atoms with van der Waals surface area (Å²) in [4.78, 5) is 15.0. The molecule has 4 aromatic rings. The second kappa shape index (κ2) is 9.07. The van der Waals surface area contributed by atoms with Crippen molar-refractivity contribution in [3.05, 3.63) is 65.7 Å². The fraction of sp³-hybridized carbons (Fsp3) is 0.250. The molecule has 0 radical (unpaired) electrons. The minimum atomic E-state index is -0.0456. The highest BCUT2D eigenvalue weighted by Gasteiger charge is 2.26. The van der Waals surface area contributed by atoms with Crippen LogP contribution in [0.15, 0.2) is 60.7 Å². The molecule has 1 amide bonds. The molecule has 1 N–H and O–H groups in total. The van der Waals surface area contributed by atoms with Gasteiger partial charge in [0.25, 0.3) is 0 Å². The third-order valence-corrected chi connectivity index (χ3v) is 6.13. The molecule has 2 aromatic carbocycles. The molecule has 1 aliphatic rings. The monoisotopic (exact) mass is 462 g/mol. The van der Waals surface area contributed by atoms with Crippen molar-refractivity contribution in [3.63, 3.8) is 0 Å². The van der Waals surface area contributed by atoms with Gasteiger partial charge in [0.15, 0.2) is 11.5 Å². The number of anilines is 2. The van der Waals surface area contributed by atoms with Crippen molar-refractivity contribution in [2.75, 3.05) is 30.4 Å². The predicted octanol–water partition coefficient (Wildman–Crippen LogP) is 4.31. The molecule has 1 saturated heterocycles. The van der Waals surface area contributed by atoms with E-state index in [0.29, 0.717) is 16.5 Å². The summed E-state index contributed by atoms with van der Waals surface area (Å²) in [5, 5.41) is 17.0. The Hall–Kier alpha value is -3.65. The van der Waals surface area contributed by atoms with Crippen molar-refractivity contribution < 1.29 is 9.53 Å². The van der Waals surface area contributed by atoms with Crippen LogP contribution in [0.3, 0.4) is 0 Å². The number of ether oxygens (including phenoxy) is 1. The largest absolute Gasteiger partial charge is 0.497 e. The minimum Gasteiger partial charge on any atom is -0.497 e. The number of carbonyl (C=O) groups excluding carboxylic acids is 1. The zero-order chi connectivity index (χ0) is 22.8. The third kappa shape index (κ3) is 4.47. The number of carbonyl (C=O) groups is 1. The number of benzene rings is 2. The Kier molecular flexibility index (Phi) is 5.83. The van der Waals surface area contributed by atoms with Gasteiger partial charge in [-0.15, -0.1) is 15.3 Å². The first-order valence-electron chi connectivity index (χ1n) is 10.8. The van der Waals surface area contributed by atoms with Gasteiger partial charge in [-0.25, -0.2) is 0 Å². The average molecular weight is 463 g/mol. The molecule has 0 atom stereocenters. The SMILES string of the molecule is COc1cccc(NC(=O)C2CCN(c3ccc4nnc(-c5ccc(Cl)cc5)n4n3)CC2)c1. The van der Waals surface area contributed by atoms with Crippen molar-refractivity contribution in [1.82, 2.24) is 19.8 Å². The lowest BCUT2D eigenvalue weighted by Crippen LogP contribution is -2.38. The highest BCUT2D eigenvalue weighted by molar-refractivity contribution is 6.30. The van der Waals surface area contributed by atoms with Gasteiger partial charge in [-0.05, 0) is 61.4 Å². The van der Waals surface area contributed by atoms with E-state index in [2.05, 4.69) is 20.4 Å². The molecule has 33 heavy (non-hydrogen) atoms. The van der Waals surface area contributed by atoms with Gasteiger partial charge in [0.05, 0.1) is 7.11 Å². The van der Waals surface area contributed by atoms with Crippen LogP contribution in [0.5, 0.6) is 5.75 Å². The van der Waals surface area contributed by atoms with Gasteiger partial charge in [0, 0.05) is 41.3 Å². The van der Waals surface area contributed by atoms with Gasteiger partial charge >= 0.3 is 0 Å². The lowest BCUT2D eigenvalue weighted by Gasteiger charge is -2.32. The van der Waals surface area contributed by atoms with E-state index in [4.69, 9.17) is 21.4 Å². The van der Waals surface area contributed by atoms with Crippen LogP contribution in [0.4, 0.5) is 11.5 Å². The van der Waals surface area contributed by atoms with Crippen LogP contribution in [-0.4, -0.2) is 45.9 Å². The number of amides is 1.